The first kappa shape index (κ1) is 14.5. The predicted molar refractivity (Wildman–Crippen MR) is 77.8 cm³/mol. The van der Waals surface area contributed by atoms with Gasteiger partial charge in [0.15, 0.2) is 11.6 Å². The average molecular weight is 392 g/mol. The molecule has 0 heterocycles. The molecule has 0 saturated carbocycles. The van der Waals surface area contributed by atoms with Crippen LogP contribution < -0.4 is 4.74 Å². The van der Waals surface area contributed by atoms with Crippen LogP contribution in [-0.2, 0) is 0 Å². The van der Waals surface area contributed by atoms with Gasteiger partial charge in [0.1, 0.15) is 5.75 Å². The van der Waals surface area contributed by atoms with E-state index in [0.29, 0.717) is 5.75 Å². The molecule has 100 valence electrons. The fourth-order valence-corrected chi connectivity index (χ4v) is 2.88. The van der Waals surface area contributed by atoms with Crippen molar-refractivity contribution in [3.05, 3.63) is 63.6 Å². The van der Waals surface area contributed by atoms with Crippen LogP contribution in [0.1, 0.15) is 16.0 Å². The van der Waals surface area contributed by atoms with Crippen molar-refractivity contribution in [1.82, 2.24) is 0 Å². The molecular formula is C14H10Br2F2O. The average Bonchev–Trinajstić information content (AvgIpc) is 2.41. The second-order valence-electron chi connectivity index (χ2n) is 3.89. The van der Waals surface area contributed by atoms with Crippen LogP contribution in [0.25, 0.3) is 0 Å². The van der Waals surface area contributed by atoms with Crippen molar-refractivity contribution in [2.75, 3.05) is 7.11 Å². The van der Waals surface area contributed by atoms with Crippen LogP contribution in [0.3, 0.4) is 0 Å². The van der Waals surface area contributed by atoms with Gasteiger partial charge in [-0.3, -0.25) is 0 Å². The topological polar surface area (TPSA) is 9.23 Å². The number of methoxy groups -OCH3 is 1. The van der Waals surface area contributed by atoms with E-state index < -0.39 is 16.5 Å². The lowest BCUT2D eigenvalue weighted by atomic mass is 10.0. The molecule has 1 unspecified atom stereocenters. The zero-order chi connectivity index (χ0) is 14.0. The van der Waals surface area contributed by atoms with Crippen molar-refractivity contribution in [3.8, 4) is 5.75 Å². The zero-order valence-corrected chi connectivity index (χ0v) is 13.1. The summed E-state index contributed by atoms with van der Waals surface area (Å²) in [6.45, 7) is 0. The molecule has 0 spiro atoms. The minimum Gasteiger partial charge on any atom is -0.496 e. The van der Waals surface area contributed by atoms with Gasteiger partial charge in [-0.2, -0.15) is 0 Å². The molecule has 0 bridgehead atoms. The molecule has 19 heavy (non-hydrogen) atoms. The summed E-state index contributed by atoms with van der Waals surface area (Å²) in [6.07, 6.45) is 0. The number of alkyl halides is 1. The van der Waals surface area contributed by atoms with Gasteiger partial charge in [0.2, 0.25) is 0 Å². The third kappa shape index (κ3) is 2.98. The maximum absolute atomic E-state index is 13.8. The van der Waals surface area contributed by atoms with Crippen LogP contribution in [0.2, 0.25) is 0 Å². The standard InChI is InChI=1S/C14H10Br2F2O/c1-19-12-6-5-8(15)7-10(12)13(16)9-3-2-4-11(17)14(9)18/h2-7,13H,1H3. The highest BCUT2D eigenvalue weighted by Gasteiger charge is 2.20. The summed E-state index contributed by atoms with van der Waals surface area (Å²) in [7, 11) is 1.54. The van der Waals surface area contributed by atoms with Crippen molar-refractivity contribution >= 4 is 31.9 Å². The second kappa shape index (κ2) is 6.01. The van der Waals surface area contributed by atoms with E-state index in [1.54, 1.807) is 6.07 Å². The number of rotatable bonds is 3. The van der Waals surface area contributed by atoms with Gasteiger partial charge in [-0.25, -0.2) is 8.78 Å². The van der Waals surface area contributed by atoms with E-state index in [1.807, 2.05) is 12.1 Å². The highest BCUT2D eigenvalue weighted by atomic mass is 79.9. The molecule has 0 saturated heterocycles. The van der Waals surface area contributed by atoms with Gasteiger partial charge < -0.3 is 4.74 Å². The van der Waals surface area contributed by atoms with Crippen molar-refractivity contribution in [2.45, 2.75) is 4.83 Å². The number of benzene rings is 2. The van der Waals surface area contributed by atoms with Gasteiger partial charge in [0.05, 0.1) is 11.9 Å². The van der Waals surface area contributed by atoms with Gasteiger partial charge >= 0.3 is 0 Å². The van der Waals surface area contributed by atoms with E-state index in [-0.39, 0.29) is 5.56 Å². The number of ether oxygens (including phenoxy) is 1. The molecule has 0 amide bonds. The smallest absolute Gasteiger partial charge is 0.163 e. The number of hydrogen-bond acceptors (Lipinski definition) is 1. The van der Waals surface area contributed by atoms with Crippen LogP contribution in [0.5, 0.6) is 5.75 Å². The second-order valence-corrected chi connectivity index (χ2v) is 5.72. The molecule has 5 heteroatoms. The van der Waals surface area contributed by atoms with Crippen molar-refractivity contribution in [1.29, 1.82) is 0 Å². The Morgan fingerprint density at radius 1 is 1.11 bits per heavy atom. The van der Waals surface area contributed by atoms with Gasteiger partial charge in [0.25, 0.3) is 0 Å². The first-order valence-corrected chi connectivity index (χ1v) is 7.17. The molecule has 0 aliphatic carbocycles. The van der Waals surface area contributed by atoms with Gasteiger partial charge in [-0.05, 0) is 24.3 Å². The van der Waals surface area contributed by atoms with E-state index >= 15 is 0 Å². The molecule has 2 aromatic rings. The Labute approximate surface area is 126 Å². The van der Waals surface area contributed by atoms with E-state index in [0.717, 1.165) is 16.1 Å². The molecule has 0 aromatic heterocycles. The number of halogens is 4. The Morgan fingerprint density at radius 2 is 1.84 bits per heavy atom. The lowest BCUT2D eigenvalue weighted by molar-refractivity contribution is 0.410. The van der Waals surface area contributed by atoms with Crippen molar-refractivity contribution in [3.63, 3.8) is 0 Å². The molecule has 1 nitrogen and oxygen atoms in total. The Kier molecular flexibility index (Phi) is 4.58. The fourth-order valence-electron chi connectivity index (χ4n) is 1.79. The third-order valence-corrected chi connectivity index (χ3v) is 4.20. The summed E-state index contributed by atoms with van der Waals surface area (Å²) in [4.78, 5) is -0.490. The van der Waals surface area contributed by atoms with Gasteiger partial charge in [-0.15, -0.1) is 0 Å². The van der Waals surface area contributed by atoms with E-state index in [4.69, 9.17) is 4.74 Å². The van der Waals surface area contributed by atoms with E-state index in [9.17, 15) is 8.78 Å². The highest BCUT2D eigenvalue weighted by molar-refractivity contribution is 9.10. The fraction of sp³-hybridized carbons (Fsp3) is 0.143. The lowest BCUT2D eigenvalue weighted by Crippen LogP contribution is -2.01. The summed E-state index contributed by atoms with van der Waals surface area (Å²) in [5, 5.41) is 0. The molecule has 0 aliphatic rings. The third-order valence-electron chi connectivity index (χ3n) is 2.72. The first-order chi connectivity index (χ1) is 9.04. The van der Waals surface area contributed by atoms with Crippen LogP contribution in [-0.4, -0.2) is 7.11 Å². The predicted octanol–water partition coefficient (Wildman–Crippen LogP) is 5.22. The quantitative estimate of drug-likeness (QED) is 0.651. The summed E-state index contributed by atoms with van der Waals surface area (Å²) in [5.74, 6) is -1.11. The summed E-state index contributed by atoms with van der Waals surface area (Å²) in [5.41, 5.74) is 0.956. The minimum atomic E-state index is -0.865. The highest BCUT2D eigenvalue weighted by Crippen LogP contribution is 2.39. The lowest BCUT2D eigenvalue weighted by Gasteiger charge is -2.16. The first-order valence-electron chi connectivity index (χ1n) is 5.46. The Balaban J connectivity index is 2.52. The van der Waals surface area contributed by atoms with Crippen LogP contribution >= 0.6 is 31.9 Å². The van der Waals surface area contributed by atoms with Crippen LogP contribution in [0.15, 0.2) is 40.9 Å². The molecule has 0 radical (unpaired) electrons. The molecular weight excluding hydrogens is 382 g/mol. The summed E-state index contributed by atoms with van der Waals surface area (Å²) >= 11 is 6.75. The SMILES string of the molecule is COc1ccc(Br)cc1C(Br)c1cccc(F)c1F. The van der Waals surface area contributed by atoms with E-state index in [2.05, 4.69) is 31.9 Å². The Hall–Kier alpha value is -0.940. The van der Waals surface area contributed by atoms with Crippen molar-refractivity contribution in [2.24, 2.45) is 0 Å². The summed E-state index contributed by atoms with van der Waals surface area (Å²) < 4.78 is 33.2. The molecule has 2 aromatic carbocycles. The molecule has 0 fully saturated rings. The normalized spacial score (nSPS) is 12.3. The molecule has 2 rings (SSSR count). The molecule has 0 aliphatic heterocycles. The Morgan fingerprint density at radius 3 is 2.53 bits per heavy atom. The van der Waals surface area contributed by atoms with Crippen LogP contribution in [0, 0.1) is 11.6 Å². The van der Waals surface area contributed by atoms with Gasteiger partial charge in [0, 0.05) is 15.6 Å². The van der Waals surface area contributed by atoms with Gasteiger partial charge in [-0.1, -0.05) is 44.0 Å². The Bertz CT molecular complexity index is 602. The zero-order valence-electron chi connectivity index (χ0n) is 9.96. The van der Waals surface area contributed by atoms with E-state index in [1.165, 1.54) is 19.2 Å². The largest absolute Gasteiger partial charge is 0.496 e. The maximum Gasteiger partial charge on any atom is 0.163 e. The summed E-state index contributed by atoms with van der Waals surface area (Å²) in [6, 6.07) is 9.51. The van der Waals surface area contributed by atoms with Crippen LogP contribution in [0.4, 0.5) is 8.78 Å². The van der Waals surface area contributed by atoms with Crippen molar-refractivity contribution < 1.29 is 13.5 Å². The molecule has 0 N–H and O–H groups in total. The molecule has 1 atom stereocenters. The number of hydrogen-bond donors (Lipinski definition) is 0. The monoisotopic (exact) mass is 390 g/mol. The minimum absolute atomic E-state index is 0.233. The maximum atomic E-state index is 13.8.